The molecule has 0 bridgehead atoms. The summed E-state index contributed by atoms with van der Waals surface area (Å²) in [6.45, 7) is 6.83. The predicted octanol–water partition coefficient (Wildman–Crippen LogP) is 16.8. The minimum atomic E-state index is -0.966. The third kappa shape index (κ3) is 25.0. The topological polar surface area (TPSA) is 74.6 Å². The first kappa shape index (κ1) is 49.2. The Morgan fingerprint density at radius 1 is 0.396 bits per heavy atom. The van der Waals surface area contributed by atoms with Gasteiger partial charge in [-0.2, -0.15) is 0 Å². The summed E-state index contributed by atoms with van der Waals surface area (Å²) in [7, 11) is 0. The standard InChI is InChI=1S/C49H88O4/c1-4-7-10-13-16-19-22-25-28-31-34-37-42-49(40-35-32-29-26-23-20-17-14-11-8-5-2,41-36-33-30-27-24-21-18-15-12-9-6-3)46-43-44(47(50)51)38-39-45(46)48(52)53/h38-39,43H,4-37,40-42H2,1-3H3,(H,50,51)(H,52,53). The Morgan fingerprint density at radius 2 is 0.660 bits per heavy atom. The molecule has 1 aromatic carbocycles. The predicted molar refractivity (Wildman–Crippen MR) is 230 cm³/mol. The van der Waals surface area contributed by atoms with E-state index in [0.717, 1.165) is 44.1 Å². The lowest BCUT2D eigenvalue weighted by Gasteiger charge is -2.37. The van der Waals surface area contributed by atoms with Gasteiger partial charge in [0, 0.05) is 0 Å². The quantitative estimate of drug-likeness (QED) is 0.0657. The molecule has 308 valence electrons. The Hall–Kier alpha value is -1.84. The minimum absolute atomic E-state index is 0.224. The molecule has 1 rings (SSSR count). The molecule has 0 saturated carbocycles. The Bertz CT molecular complexity index is 974. The maximum atomic E-state index is 12.7. The second kappa shape index (κ2) is 34.6. The number of rotatable bonds is 40. The second-order valence-electron chi connectivity index (χ2n) is 16.9. The van der Waals surface area contributed by atoms with E-state index in [9.17, 15) is 19.8 Å². The van der Waals surface area contributed by atoms with E-state index in [4.69, 9.17) is 0 Å². The van der Waals surface area contributed by atoms with E-state index in [1.165, 1.54) is 205 Å². The van der Waals surface area contributed by atoms with Crippen molar-refractivity contribution in [2.24, 2.45) is 0 Å². The average molecular weight is 741 g/mol. The molecule has 0 unspecified atom stereocenters. The molecule has 0 spiro atoms. The minimum Gasteiger partial charge on any atom is -0.478 e. The lowest BCUT2D eigenvalue weighted by molar-refractivity contribution is 0.0677. The van der Waals surface area contributed by atoms with E-state index in [0.29, 0.717) is 5.56 Å². The van der Waals surface area contributed by atoms with Crippen molar-refractivity contribution in [1.82, 2.24) is 0 Å². The maximum absolute atomic E-state index is 12.7. The van der Waals surface area contributed by atoms with Crippen LogP contribution < -0.4 is 0 Å². The van der Waals surface area contributed by atoms with Gasteiger partial charge in [0.1, 0.15) is 0 Å². The number of carboxylic acids is 2. The van der Waals surface area contributed by atoms with Crippen molar-refractivity contribution in [2.75, 3.05) is 0 Å². The Morgan fingerprint density at radius 3 is 0.906 bits per heavy atom. The fraction of sp³-hybridized carbons (Fsp3) is 0.837. The van der Waals surface area contributed by atoms with Crippen LogP contribution in [0.1, 0.15) is 285 Å². The van der Waals surface area contributed by atoms with E-state index in [2.05, 4.69) is 20.8 Å². The third-order valence-electron chi connectivity index (χ3n) is 12.1. The monoisotopic (exact) mass is 741 g/mol. The molecule has 2 N–H and O–H groups in total. The molecule has 0 atom stereocenters. The number of hydrogen-bond donors (Lipinski definition) is 2. The van der Waals surface area contributed by atoms with E-state index in [1.54, 1.807) is 12.1 Å². The summed E-state index contributed by atoms with van der Waals surface area (Å²) < 4.78 is 0. The van der Waals surface area contributed by atoms with E-state index < -0.39 is 11.9 Å². The SMILES string of the molecule is CCCCCCCCCCCCCCC(CCCCCCCCCCCCC)(CCCCCCCCCCCCC)c1cc(C(=O)O)ccc1C(=O)O. The highest BCUT2D eigenvalue weighted by atomic mass is 16.4. The fourth-order valence-corrected chi connectivity index (χ4v) is 8.64. The van der Waals surface area contributed by atoms with Gasteiger partial charge in [0.25, 0.3) is 0 Å². The van der Waals surface area contributed by atoms with Crippen LogP contribution in [0, 0.1) is 0 Å². The Labute approximate surface area is 329 Å². The summed E-state index contributed by atoms with van der Waals surface area (Å²) in [5.74, 6) is -1.89. The first-order valence-electron chi connectivity index (χ1n) is 23.5. The largest absolute Gasteiger partial charge is 0.478 e. The zero-order valence-corrected chi connectivity index (χ0v) is 35.6. The van der Waals surface area contributed by atoms with Crippen molar-refractivity contribution < 1.29 is 19.8 Å². The summed E-state index contributed by atoms with van der Waals surface area (Å²) >= 11 is 0. The zero-order valence-electron chi connectivity index (χ0n) is 35.6. The summed E-state index contributed by atoms with van der Waals surface area (Å²) in [4.78, 5) is 24.9. The number of aromatic carboxylic acids is 2. The molecule has 1 aromatic rings. The van der Waals surface area contributed by atoms with Gasteiger partial charge in [0.15, 0.2) is 0 Å². The lowest BCUT2D eigenvalue weighted by Crippen LogP contribution is -2.29. The van der Waals surface area contributed by atoms with Gasteiger partial charge in [0.2, 0.25) is 0 Å². The molecule has 0 aromatic heterocycles. The maximum Gasteiger partial charge on any atom is 0.335 e. The van der Waals surface area contributed by atoms with E-state index >= 15 is 0 Å². The van der Waals surface area contributed by atoms with Crippen LogP contribution in [0.5, 0.6) is 0 Å². The van der Waals surface area contributed by atoms with Crippen molar-refractivity contribution in [2.45, 2.75) is 264 Å². The first-order chi connectivity index (χ1) is 25.9. The fourth-order valence-electron chi connectivity index (χ4n) is 8.64. The van der Waals surface area contributed by atoms with E-state index in [-0.39, 0.29) is 11.0 Å². The zero-order chi connectivity index (χ0) is 38.7. The number of unbranched alkanes of at least 4 members (excludes halogenated alkanes) is 31. The molecule has 0 fully saturated rings. The third-order valence-corrected chi connectivity index (χ3v) is 12.1. The highest BCUT2D eigenvalue weighted by Gasteiger charge is 2.35. The molecule has 0 aliphatic carbocycles. The van der Waals surface area contributed by atoms with Crippen LogP contribution in [0.15, 0.2) is 18.2 Å². The van der Waals surface area contributed by atoms with Crippen LogP contribution in [0.2, 0.25) is 0 Å². The van der Waals surface area contributed by atoms with Crippen molar-refractivity contribution >= 4 is 11.9 Å². The molecule has 4 nitrogen and oxygen atoms in total. The van der Waals surface area contributed by atoms with Crippen molar-refractivity contribution in [3.05, 3.63) is 34.9 Å². The molecule has 4 heteroatoms. The molecule has 0 saturated heterocycles. The highest BCUT2D eigenvalue weighted by molar-refractivity contribution is 5.93. The van der Waals surface area contributed by atoms with Gasteiger partial charge >= 0.3 is 11.9 Å². The summed E-state index contributed by atoms with van der Waals surface area (Å²) in [6, 6.07) is 4.83. The molecule has 0 aliphatic heterocycles. The van der Waals surface area contributed by atoms with Gasteiger partial charge < -0.3 is 10.2 Å². The van der Waals surface area contributed by atoms with Crippen LogP contribution in [0.25, 0.3) is 0 Å². The molecule has 0 amide bonds. The van der Waals surface area contributed by atoms with Crippen LogP contribution in [0.3, 0.4) is 0 Å². The summed E-state index contributed by atoms with van der Waals surface area (Å²) in [6.07, 6.45) is 46.9. The van der Waals surface area contributed by atoms with Crippen LogP contribution in [-0.2, 0) is 5.41 Å². The molecule has 0 radical (unpaired) electrons. The molecular formula is C49H88O4. The summed E-state index contributed by atoms with van der Waals surface area (Å²) in [5, 5.41) is 20.4. The first-order valence-corrected chi connectivity index (χ1v) is 23.5. The number of carbonyl (C=O) groups is 2. The van der Waals surface area contributed by atoms with Gasteiger partial charge in [-0.3, -0.25) is 0 Å². The Balaban J connectivity index is 2.94. The van der Waals surface area contributed by atoms with Crippen LogP contribution in [-0.4, -0.2) is 22.2 Å². The summed E-state index contributed by atoms with van der Waals surface area (Å²) in [5.41, 5.74) is 1.06. The normalized spacial score (nSPS) is 11.8. The van der Waals surface area contributed by atoms with Gasteiger partial charge in [-0.25, -0.2) is 9.59 Å². The van der Waals surface area contributed by atoms with Gasteiger partial charge in [0.05, 0.1) is 11.1 Å². The van der Waals surface area contributed by atoms with Crippen LogP contribution in [0.4, 0.5) is 0 Å². The lowest BCUT2D eigenvalue weighted by atomic mass is 9.67. The van der Waals surface area contributed by atoms with Crippen LogP contribution >= 0.6 is 0 Å². The van der Waals surface area contributed by atoms with Crippen molar-refractivity contribution in [1.29, 1.82) is 0 Å². The highest BCUT2D eigenvalue weighted by Crippen LogP contribution is 2.43. The average Bonchev–Trinajstić information content (AvgIpc) is 3.15. The van der Waals surface area contributed by atoms with Crippen molar-refractivity contribution in [3.63, 3.8) is 0 Å². The van der Waals surface area contributed by atoms with E-state index in [1.807, 2.05) is 0 Å². The number of hydrogen-bond acceptors (Lipinski definition) is 2. The van der Waals surface area contributed by atoms with Gasteiger partial charge in [-0.15, -0.1) is 0 Å². The molecule has 0 heterocycles. The molecule has 0 aliphatic rings. The number of carboxylic acid groups (broad SMARTS) is 2. The molecular weight excluding hydrogens is 653 g/mol. The van der Waals surface area contributed by atoms with Gasteiger partial charge in [-0.05, 0) is 48.4 Å². The number of benzene rings is 1. The smallest absolute Gasteiger partial charge is 0.335 e. The van der Waals surface area contributed by atoms with Gasteiger partial charge in [-0.1, -0.05) is 239 Å². The van der Waals surface area contributed by atoms with Crippen molar-refractivity contribution in [3.8, 4) is 0 Å². The Kier molecular flexibility index (Phi) is 32.1. The second-order valence-corrected chi connectivity index (χ2v) is 16.9. The molecule has 53 heavy (non-hydrogen) atoms.